The molecule has 0 aliphatic heterocycles. The summed E-state index contributed by atoms with van der Waals surface area (Å²) < 4.78 is 26.4. The van der Waals surface area contributed by atoms with Crippen LogP contribution in [0.1, 0.15) is 10.4 Å². The molecule has 0 fully saturated rings. The topological polar surface area (TPSA) is 109 Å². The molecule has 2 aromatic rings. The first-order valence-corrected chi connectivity index (χ1v) is 7.45. The number of nitrogen functional groups attached to an aromatic ring is 1. The molecule has 0 saturated heterocycles. The van der Waals surface area contributed by atoms with Crippen LogP contribution in [0.25, 0.3) is 0 Å². The van der Waals surface area contributed by atoms with Crippen molar-refractivity contribution in [3.05, 3.63) is 41.3 Å². The summed E-state index contributed by atoms with van der Waals surface area (Å²) in [6.45, 7) is 0. The highest BCUT2D eigenvalue weighted by Crippen LogP contribution is 2.24. The quantitative estimate of drug-likeness (QED) is 0.746. The summed E-state index contributed by atoms with van der Waals surface area (Å²) in [5.41, 5.74) is 5.52. The molecule has 0 aliphatic carbocycles. The van der Waals surface area contributed by atoms with Gasteiger partial charge in [0.2, 0.25) is 0 Å². The zero-order chi connectivity index (χ0) is 14.0. The number of hydrogen-bond donors (Lipinski definition) is 3. The van der Waals surface area contributed by atoms with E-state index < -0.39 is 16.0 Å². The van der Waals surface area contributed by atoms with E-state index in [2.05, 4.69) is 4.72 Å². The Morgan fingerprint density at radius 2 is 2.05 bits per heavy atom. The molecule has 0 spiro atoms. The lowest BCUT2D eigenvalue weighted by molar-refractivity contribution is 0.0698. The lowest BCUT2D eigenvalue weighted by atomic mass is 10.1. The Bertz CT molecular complexity index is 708. The average Bonchev–Trinajstić information content (AvgIpc) is 2.85. The van der Waals surface area contributed by atoms with Crippen LogP contribution in [0.2, 0.25) is 0 Å². The molecule has 0 atom stereocenters. The van der Waals surface area contributed by atoms with E-state index in [0.29, 0.717) is 0 Å². The predicted molar refractivity (Wildman–Crippen MR) is 72.9 cm³/mol. The third-order valence-corrected chi connectivity index (χ3v) is 5.04. The first-order valence-electron chi connectivity index (χ1n) is 5.09. The highest BCUT2D eigenvalue weighted by atomic mass is 32.2. The van der Waals surface area contributed by atoms with Gasteiger partial charge in [-0.25, -0.2) is 13.2 Å². The molecule has 8 heteroatoms. The minimum atomic E-state index is -3.77. The van der Waals surface area contributed by atoms with Crippen LogP contribution in [0.3, 0.4) is 0 Å². The zero-order valence-corrected chi connectivity index (χ0v) is 11.2. The first kappa shape index (κ1) is 13.4. The molecule has 100 valence electrons. The van der Waals surface area contributed by atoms with Crippen molar-refractivity contribution in [2.24, 2.45) is 0 Å². The third-order valence-electron chi connectivity index (χ3n) is 2.28. The molecule has 0 aliphatic rings. The molecular formula is C11H10N2O4S2. The Balaban J connectivity index is 2.42. The van der Waals surface area contributed by atoms with Crippen molar-refractivity contribution in [1.82, 2.24) is 0 Å². The predicted octanol–water partition coefficient (Wildman–Crippen LogP) is 1.83. The highest BCUT2D eigenvalue weighted by Gasteiger charge is 2.19. The Labute approximate surface area is 113 Å². The maximum Gasteiger partial charge on any atom is 0.337 e. The maximum absolute atomic E-state index is 12.0. The molecule has 2 rings (SSSR count). The van der Waals surface area contributed by atoms with Gasteiger partial charge < -0.3 is 10.8 Å². The number of thiophene rings is 1. The number of nitrogens with two attached hydrogens (primary N) is 1. The van der Waals surface area contributed by atoms with Crippen molar-refractivity contribution in [2.45, 2.75) is 4.21 Å². The van der Waals surface area contributed by atoms with E-state index in [-0.39, 0.29) is 21.1 Å². The Kier molecular flexibility index (Phi) is 3.45. The minimum absolute atomic E-state index is 0.0184. The van der Waals surface area contributed by atoms with Crippen LogP contribution in [-0.4, -0.2) is 19.5 Å². The van der Waals surface area contributed by atoms with E-state index in [1.807, 2.05) is 0 Å². The van der Waals surface area contributed by atoms with E-state index >= 15 is 0 Å². The number of nitrogens with one attached hydrogen (secondary N) is 1. The van der Waals surface area contributed by atoms with Crippen LogP contribution < -0.4 is 10.5 Å². The SMILES string of the molecule is Nc1ccc(NS(=O)(=O)c2cccs2)c(C(=O)O)c1. The van der Waals surface area contributed by atoms with Crippen molar-refractivity contribution in [2.75, 3.05) is 10.5 Å². The maximum atomic E-state index is 12.0. The van der Waals surface area contributed by atoms with Crippen molar-refractivity contribution < 1.29 is 18.3 Å². The van der Waals surface area contributed by atoms with Crippen LogP contribution in [-0.2, 0) is 10.0 Å². The number of hydrogen-bond acceptors (Lipinski definition) is 5. The van der Waals surface area contributed by atoms with Gasteiger partial charge in [0.1, 0.15) is 4.21 Å². The summed E-state index contributed by atoms with van der Waals surface area (Å²) in [5, 5.41) is 10.7. The first-order chi connectivity index (χ1) is 8.90. The third kappa shape index (κ3) is 2.85. The second kappa shape index (κ2) is 4.90. The number of carboxylic acids is 1. The molecule has 0 saturated carbocycles. The molecule has 19 heavy (non-hydrogen) atoms. The van der Waals surface area contributed by atoms with Gasteiger partial charge in [0, 0.05) is 5.69 Å². The van der Waals surface area contributed by atoms with E-state index in [1.54, 1.807) is 11.4 Å². The number of anilines is 2. The van der Waals surface area contributed by atoms with Gasteiger partial charge >= 0.3 is 5.97 Å². The van der Waals surface area contributed by atoms with Crippen molar-refractivity contribution in [3.8, 4) is 0 Å². The largest absolute Gasteiger partial charge is 0.478 e. The van der Waals surface area contributed by atoms with Crippen LogP contribution in [0.15, 0.2) is 39.9 Å². The Morgan fingerprint density at radius 1 is 1.32 bits per heavy atom. The monoisotopic (exact) mass is 298 g/mol. The smallest absolute Gasteiger partial charge is 0.337 e. The lowest BCUT2D eigenvalue weighted by Gasteiger charge is -2.09. The van der Waals surface area contributed by atoms with Gasteiger partial charge in [0.25, 0.3) is 10.0 Å². The van der Waals surface area contributed by atoms with Crippen LogP contribution in [0.5, 0.6) is 0 Å². The summed E-state index contributed by atoms with van der Waals surface area (Å²) in [5.74, 6) is -1.25. The van der Waals surface area contributed by atoms with Crippen LogP contribution in [0.4, 0.5) is 11.4 Å². The van der Waals surface area contributed by atoms with Crippen molar-refractivity contribution in [1.29, 1.82) is 0 Å². The fourth-order valence-electron chi connectivity index (χ4n) is 1.44. The molecule has 4 N–H and O–H groups in total. The molecular weight excluding hydrogens is 288 g/mol. The van der Waals surface area contributed by atoms with E-state index in [4.69, 9.17) is 10.8 Å². The average molecular weight is 298 g/mol. The Hall–Kier alpha value is -2.06. The standard InChI is InChI=1S/C11H10N2O4S2/c12-7-3-4-9(8(6-7)11(14)15)13-19(16,17)10-2-1-5-18-10/h1-6,13H,12H2,(H,14,15). The summed E-state index contributed by atoms with van der Waals surface area (Å²) >= 11 is 1.04. The fourth-order valence-corrected chi connectivity index (χ4v) is 3.51. The molecule has 0 amide bonds. The fraction of sp³-hybridized carbons (Fsp3) is 0. The molecule has 0 bridgehead atoms. The normalized spacial score (nSPS) is 11.2. The van der Waals surface area contributed by atoms with Crippen LogP contribution >= 0.6 is 11.3 Å². The summed E-state index contributed by atoms with van der Waals surface area (Å²) in [6, 6.07) is 6.99. The van der Waals surface area contributed by atoms with E-state index in [9.17, 15) is 13.2 Å². The number of aromatic carboxylic acids is 1. The van der Waals surface area contributed by atoms with Gasteiger partial charge in [-0.1, -0.05) is 6.07 Å². The lowest BCUT2D eigenvalue weighted by Crippen LogP contribution is -2.14. The van der Waals surface area contributed by atoms with Gasteiger partial charge in [-0.3, -0.25) is 4.72 Å². The number of carboxylic acid groups (broad SMARTS) is 1. The number of rotatable bonds is 4. The van der Waals surface area contributed by atoms with E-state index in [1.165, 1.54) is 24.3 Å². The molecule has 1 aromatic heterocycles. The van der Waals surface area contributed by atoms with E-state index in [0.717, 1.165) is 11.3 Å². The van der Waals surface area contributed by atoms with Crippen LogP contribution in [0, 0.1) is 0 Å². The molecule has 0 radical (unpaired) electrons. The highest BCUT2D eigenvalue weighted by molar-refractivity contribution is 7.94. The van der Waals surface area contributed by atoms with Gasteiger partial charge in [0.05, 0.1) is 11.3 Å². The van der Waals surface area contributed by atoms with Gasteiger partial charge in [-0.05, 0) is 29.6 Å². The molecule has 0 unspecified atom stereocenters. The molecule has 1 heterocycles. The second-order valence-corrected chi connectivity index (χ2v) is 6.50. The number of carbonyl (C=O) groups is 1. The second-order valence-electron chi connectivity index (χ2n) is 3.65. The van der Waals surface area contributed by atoms with Crippen molar-refractivity contribution in [3.63, 3.8) is 0 Å². The number of benzene rings is 1. The van der Waals surface area contributed by atoms with Gasteiger partial charge in [0.15, 0.2) is 0 Å². The van der Waals surface area contributed by atoms with Crippen molar-refractivity contribution >= 4 is 38.7 Å². The molecule has 6 nitrogen and oxygen atoms in total. The van der Waals surface area contributed by atoms with Gasteiger partial charge in [-0.2, -0.15) is 0 Å². The Morgan fingerprint density at radius 3 is 2.63 bits per heavy atom. The molecule has 1 aromatic carbocycles. The summed E-state index contributed by atoms with van der Waals surface area (Å²) in [4.78, 5) is 11.1. The summed E-state index contributed by atoms with van der Waals surface area (Å²) in [6.07, 6.45) is 0. The zero-order valence-electron chi connectivity index (χ0n) is 9.53. The number of sulfonamides is 1. The summed E-state index contributed by atoms with van der Waals surface area (Å²) in [7, 11) is -3.77. The minimum Gasteiger partial charge on any atom is -0.478 e. The van der Waals surface area contributed by atoms with Gasteiger partial charge in [-0.15, -0.1) is 11.3 Å².